The van der Waals surface area contributed by atoms with Crippen LogP contribution in [0.15, 0.2) is 89.8 Å². The Balaban J connectivity index is 2.11. The topological polar surface area (TPSA) is 82.2 Å². The summed E-state index contributed by atoms with van der Waals surface area (Å²) in [5, 5.41) is 12.2. The number of nitro benzene ring substituents is 1. The molecular formula is C20H14N2O4S. The van der Waals surface area contributed by atoms with E-state index in [-0.39, 0.29) is 21.8 Å². The van der Waals surface area contributed by atoms with Gasteiger partial charge >= 0.3 is 0 Å². The summed E-state index contributed by atoms with van der Waals surface area (Å²) in [5.41, 5.74) is 0.824. The highest BCUT2D eigenvalue weighted by Gasteiger charge is 2.26. The molecule has 4 aromatic rings. The number of para-hydroxylation sites is 2. The normalized spacial score (nSPS) is 11.6. The number of hydrogen-bond donors (Lipinski definition) is 0. The van der Waals surface area contributed by atoms with Crippen LogP contribution < -0.4 is 0 Å². The van der Waals surface area contributed by atoms with Gasteiger partial charge in [-0.05, 0) is 30.3 Å². The molecule has 0 amide bonds. The maximum absolute atomic E-state index is 13.4. The van der Waals surface area contributed by atoms with Crippen molar-refractivity contribution in [2.75, 3.05) is 0 Å². The molecule has 1 heterocycles. The molecule has 0 fully saturated rings. The van der Waals surface area contributed by atoms with Gasteiger partial charge in [-0.15, -0.1) is 0 Å². The van der Waals surface area contributed by atoms with Crippen LogP contribution in [0.2, 0.25) is 0 Å². The molecule has 0 spiro atoms. The lowest BCUT2D eigenvalue weighted by Gasteiger charge is -2.12. The lowest BCUT2D eigenvalue weighted by Crippen LogP contribution is -2.14. The average Bonchev–Trinajstić information content (AvgIpc) is 3.09. The Labute approximate surface area is 155 Å². The van der Waals surface area contributed by atoms with Gasteiger partial charge in [0.05, 0.1) is 26.6 Å². The summed E-state index contributed by atoms with van der Waals surface area (Å²) in [6, 6.07) is 22.8. The summed E-state index contributed by atoms with van der Waals surface area (Å²) in [6.07, 6.45) is 0. The zero-order valence-corrected chi connectivity index (χ0v) is 14.8. The minimum absolute atomic E-state index is 0.117. The highest BCUT2D eigenvalue weighted by molar-refractivity contribution is 7.90. The van der Waals surface area contributed by atoms with Crippen LogP contribution in [-0.4, -0.2) is 17.3 Å². The molecule has 1 aromatic heterocycles. The molecule has 4 rings (SSSR count). The van der Waals surface area contributed by atoms with Crippen molar-refractivity contribution in [3.05, 3.63) is 95.0 Å². The molecule has 0 aliphatic heterocycles. The molecule has 0 aliphatic rings. The Morgan fingerprint density at radius 2 is 1.44 bits per heavy atom. The molecule has 0 unspecified atom stereocenters. The van der Waals surface area contributed by atoms with E-state index < -0.39 is 14.9 Å². The zero-order valence-electron chi connectivity index (χ0n) is 14.0. The predicted molar refractivity (Wildman–Crippen MR) is 103 cm³/mol. The Morgan fingerprint density at radius 1 is 0.815 bits per heavy atom. The van der Waals surface area contributed by atoms with E-state index in [0.717, 1.165) is 0 Å². The number of rotatable bonds is 4. The van der Waals surface area contributed by atoms with Crippen molar-refractivity contribution in [1.82, 2.24) is 3.97 Å². The van der Waals surface area contributed by atoms with E-state index >= 15 is 0 Å². The molecule has 0 saturated carbocycles. The lowest BCUT2D eigenvalue weighted by molar-refractivity contribution is -0.384. The van der Waals surface area contributed by atoms with E-state index in [1.165, 1.54) is 22.2 Å². The van der Waals surface area contributed by atoms with Crippen LogP contribution in [0.25, 0.3) is 22.2 Å². The third kappa shape index (κ3) is 2.78. The molecule has 6 nitrogen and oxygen atoms in total. The quantitative estimate of drug-likeness (QED) is 0.388. The zero-order chi connectivity index (χ0) is 19.0. The van der Waals surface area contributed by atoms with Crippen LogP contribution in [0.4, 0.5) is 5.69 Å². The number of nitrogens with zero attached hydrogens (tertiary/aromatic N) is 2. The number of hydrogen-bond acceptors (Lipinski definition) is 4. The highest BCUT2D eigenvalue weighted by Crippen LogP contribution is 2.36. The second-order valence-corrected chi connectivity index (χ2v) is 7.73. The monoisotopic (exact) mass is 378 g/mol. The van der Waals surface area contributed by atoms with Crippen molar-refractivity contribution in [2.24, 2.45) is 0 Å². The maximum atomic E-state index is 13.4. The summed E-state index contributed by atoms with van der Waals surface area (Å²) in [7, 11) is -3.95. The van der Waals surface area contributed by atoms with Crippen molar-refractivity contribution >= 4 is 26.6 Å². The fourth-order valence-corrected chi connectivity index (χ4v) is 4.67. The number of aromatic nitrogens is 1. The predicted octanol–water partition coefficient (Wildman–Crippen LogP) is 4.45. The van der Waals surface area contributed by atoms with E-state index in [1.807, 2.05) is 0 Å². The van der Waals surface area contributed by atoms with Crippen molar-refractivity contribution in [2.45, 2.75) is 4.90 Å². The lowest BCUT2D eigenvalue weighted by atomic mass is 10.1. The molecule has 134 valence electrons. The van der Waals surface area contributed by atoms with Crippen LogP contribution in [0.5, 0.6) is 0 Å². The van der Waals surface area contributed by atoms with E-state index in [1.54, 1.807) is 66.7 Å². The van der Waals surface area contributed by atoms with E-state index in [0.29, 0.717) is 10.9 Å². The van der Waals surface area contributed by atoms with Crippen molar-refractivity contribution in [3.8, 4) is 11.3 Å². The molecule has 7 heteroatoms. The first kappa shape index (κ1) is 17.0. The molecule has 0 bridgehead atoms. The summed E-state index contributed by atoms with van der Waals surface area (Å²) in [5.74, 6) is 0. The number of fused-ring (bicyclic) bond motifs is 1. The molecule has 0 aliphatic carbocycles. The minimum atomic E-state index is -3.95. The first-order valence-corrected chi connectivity index (χ1v) is 9.59. The molecule has 0 N–H and O–H groups in total. The maximum Gasteiger partial charge on any atom is 0.278 e. The second kappa shape index (κ2) is 6.37. The Morgan fingerprint density at radius 3 is 2.19 bits per heavy atom. The molecule has 0 saturated heterocycles. The second-order valence-electron chi connectivity index (χ2n) is 5.95. The summed E-state index contributed by atoms with van der Waals surface area (Å²) in [6.45, 7) is 0. The fraction of sp³-hybridized carbons (Fsp3) is 0. The van der Waals surface area contributed by atoms with Gasteiger partial charge < -0.3 is 0 Å². The van der Waals surface area contributed by atoms with Crippen LogP contribution in [0, 0.1) is 10.1 Å². The molecule has 27 heavy (non-hydrogen) atoms. The van der Waals surface area contributed by atoms with Gasteiger partial charge in [-0.2, -0.15) is 0 Å². The molecule has 0 radical (unpaired) electrons. The van der Waals surface area contributed by atoms with Crippen molar-refractivity contribution in [1.29, 1.82) is 0 Å². The van der Waals surface area contributed by atoms with Gasteiger partial charge in [0.1, 0.15) is 0 Å². The Kier molecular flexibility index (Phi) is 4.01. The van der Waals surface area contributed by atoms with Gasteiger partial charge in [0, 0.05) is 11.5 Å². The average molecular weight is 378 g/mol. The van der Waals surface area contributed by atoms with E-state index in [4.69, 9.17) is 0 Å². The standard InChI is InChI=1S/C20H14N2O4S/c23-22(24)19-13-7-5-11-17(19)20-14-15-8-4-6-12-18(15)21(20)27(25,26)16-9-2-1-3-10-16/h1-14H. The van der Waals surface area contributed by atoms with Gasteiger partial charge in [-0.25, -0.2) is 12.4 Å². The fourth-order valence-electron chi connectivity index (χ4n) is 3.12. The SMILES string of the molecule is O=[N+]([O-])c1ccccc1-c1cc2ccccc2n1S(=O)(=O)c1ccccc1. The largest absolute Gasteiger partial charge is 0.278 e. The molecular weight excluding hydrogens is 364 g/mol. The minimum Gasteiger partial charge on any atom is -0.258 e. The van der Waals surface area contributed by atoms with Gasteiger partial charge in [-0.3, -0.25) is 10.1 Å². The van der Waals surface area contributed by atoms with Gasteiger partial charge in [0.25, 0.3) is 15.7 Å². The van der Waals surface area contributed by atoms with Crippen molar-refractivity contribution < 1.29 is 13.3 Å². The number of nitro groups is 1. The first-order valence-electron chi connectivity index (χ1n) is 8.15. The first-order chi connectivity index (χ1) is 13.0. The number of benzene rings is 3. The third-order valence-corrected chi connectivity index (χ3v) is 6.07. The van der Waals surface area contributed by atoms with E-state index in [2.05, 4.69) is 0 Å². The van der Waals surface area contributed by atoms with Crippen LogP contribution in [-0.2, 0) is 10.0 Å². The summed E-state index contributed by atoms with van der Waals surface area (Å²) < 4.78 is 27.9. The van der Waals surface area contributed by atoms with Gasteiger partial charge in [-0.1, -0.05) is 48.5 Å². The van der Waals surface area contributed by atoms with Crippen LogP contribution in [0.1, 0.15) is 0 Å². The van der Waals surface area contributed by atoms with Crippen LogP contribution >= 0.6 is 0 Å². The summed E-state index contributed by atoms with van der Waals surface area (Å²) in [4.78, 5) is 11.1. The molecule has 3 aromatic carbocycles. The summed E-state index contributed by atoms with van der Waals surface area (Å²) >= 11 is 0. The third-order valence-electron chi connectivity index (χ3n) is 4.32. The van der Waals surface area contributed by atoms with Gasteiger partial charge in [0.15, 0.2) is 0 Å². The molecule has 0 atom stereocenters. The van der Waals surface area contributed by atoms with Crippen LogP contribution in [0.3, 0.4) is 0 Å². The smallest absolute Gasteiger partial charge is 0.258 e. The van der Waals surface area contributed by atoms with Crippen molar-refractivity contribution in [3.63, 3.8) is 0 Å². The van der Waals surface area contributed by atoms with Gasteiger partial charge in [0.2, 0.25) is 0 Å². The Bertz CT molecular complexity index is 1260. The van der Waals surface area contributed by atoms with E-state index in [9.17, 15) is 18.5 Å². The highest BCUT2D eigenvalue weighted by atomic mass is 32.2. The Hall–Kier alpha value is -3.45.